The molecule has 1 fully saturated rings. The van der Waals surface area contributed by atoms with E-state index in [0.29, 0.717) is 6.54 Å². The summed E-state index contributed by atoms with van der Waals surface area (Å²) in [7, 11) is 1.65. The minimum absolute atomic E-state index is 0.00280. The third-order valence-corrected chi connectivity index (χ3v) is 4.73. The number of aryl methyl sites for hydroxylation is 1. The summed E-state index contributed by atoms with van der Waals surface area (Å²) in [6.07, 6.45) is 0. The second kappa shape index (κ2) is 8.72. The van der Waals surface area contributed by atoms with Crippen LogP contribution in [0.3, 0.4) is 0 Å². The van der Waals surface area contributed by atoms with Crippen molar-refractivity contribution in [2.45, 2.75) is 20.0 Å². The highest BCUT2D eigenvalue weighted by atomic mass is 16.5. The van der Waals surface area contributed by atoms with Gasteiger partial charge in [0.25, 0.3) is 0 Å². The molecule has 0 aromatic heterocycles. The Hall–Kier alpha value is -2.53. The standard InChI is InChI=1S/C21H27N3O2/c1-17-5-3-7-19(13-17)16-23-9-11-24(12-10-23)21(25)22-15-18-6-4-8-20(14-18)26-2/h3-8,13-14H,9-12,15-16H2,1-2H3,(H,22,25). The fraction of sp³-hybridized carbons (Fsp3) is 0.381. The van der Waals surface area contributed by atoms with Gasteiger partial charge >= 0.3 is 6.03 Å². The third-order valence-electron chi connectivity index (χ3n) is 4.73. The molecule has 2 amide bonds. The molecule has 0 spiro atoms. The molecule has 5 nitrogen and oxygen atoms in total. The Morgan fingerprint density at radius 2 is 1.77 bits per heavy atom. The van der Waals surface area contributed by atoms with Crippen molar-refractivity contribution in [2.75, 3.05) is 33.3 Å². The van der Waals surface area contributed by atoms with Crippen LogP contribution in [0.4, 0.5) is 4.79 Å². The van der Waals surface area contributed by atoms with Gasteiger partial charge in [-0.25, -0.2) is 4.79 Å². The topological polar surface area (TPSA) is 44.8 Å². The van der Waals surface area contributed by atoms with E-state index in [2.05, 4.69) is 41.4 Å². The zero-order chi connectivity index (χ0) is 18.4. The minimum atomic E-state index is 0.00280. The molecular formula is C21H27N3O2. The van der Waals surface area contributed by atoms with Gasteiger partial charge in [0.15, 0.2) is 0 Å². The van der Waals surface area contributed by atoms with E-state index in [-0.39, 0.29) is 6.03 Å². The van der Waals surface area contributed by atoms with Crippen molar-refractivity contribution in [1.29, 1.82) is 0 Å². The summed E-state index contributed by atoms with van der Waals surface area (Å²) in [5.41, 5.74) is 3.66. The number of benzene rings is 2. The molecule has 0 bridgehead atoms. The number of carbonyl (C=O) groups is 1. The molecule has 2 aromatic carbocycles. The molecule has 5 heteroatoms. The van der Waals surface area contributed by atoms with Gasteiger partial charge < -0.3 is 15.0 Å². The molecule has 2 aromatic rings. The van der Waals surface area contributed by atoms with E-state index in [4.69, 9.17) is 4.74 Å². The van der Waals surface area contributed by atoms with Gasteiger partial charge in [-0.1, -0.05) is 42.0 Å². The van der Waals surface area contributed by atoms with Crippen LogP contribution in [0.25, 0.3) is 0 Å². The lowest BCUT2D eigenvalue weighted by Crippen LogP contribution is -2.51. The highest BCUT2D eigenvalue weighted by Crippen LogP contribution is 2.13. The Labute approximate surface area is 155 Å². The van der Waals surface area contributed by atoms with Gasteiger partial charge in [-0.2, -0.15) is 0 Å². The maximum Gasteiger partial charge on any atom is 0.317 e. The van der Waals surface area contributed by atoms with Crippen LogP contribution in [0.2, 0.25) is 0 Å². The first-order valence-corrected chi connectivity index (χ1v) is 9.07. The van der Waals surface area contributed by atoms with Gasteiger partial charge in [0.1, 0.15) is 5.75 Å². The van der Waals surface area contributed by atoms with Crippen LogP contribution >= 0.6 is 0 Å². The summed E-state index contributed by atoms with van der Waals surface area (Å²) in [6.45, 7) is 6.90. The van der Waals surface area contributed by atoms with Gasteiger partial charge in [0, 0.05) is 39.3 Å². The van der Waals surface area contributed by atoms with Crippen LogP contribution < -0.4 is 10.1 Å². The average Bonchev–Trinajstić information content (AvgIpc) is 2.67. The lowest BCUT2D eigenvalue weighted by Gasteiger charge is -2.34. The van der Waals surface area contributed by atoms with Crippen LogP contribution in [0, 0.1) is 6.92 Å². The lowest BCUT2D eigenvalue weighted by atomic mass is 10.1. The summed E-state index contributed by atoms with van der Waals surface area (Å²) < 4.78 is 5.22. The molecule has 1 saturated heterocycles. The predicted octanol–water partition coefficient (Wildman–Crippen LogP) is 3.03. The Morgan fingerprint density at radius 3 is 2.50 bits per heavy atom. The Bertz CT molecular complexity index is 740. The molecule has 1 N–H and O–H groups in total. The number of rotatable bonds is 5. The van der Waals surface area contributed by atoms with Gasteiger partial charge in [0.05, 0.1) is 7.11 Å². The summed E-state index contributed by atoms with van der Waals surface area (Å²) >= 11 is 0. The van der Waals surface area contributed by atoms with Crippen molar-refractivity contribution in [3.05, 3.63) is 65.2 Å². The zero-order valence-electron chi connectivity index (χ0n) is 15.6. The smallest absolute Gasteiger partial charge is 0.317 e. The van der Waals surface area contributed by atoms with Crippen LogP contribution in [-0.2, 0) is 13.1 Å². The Kier molecular flexibility index (Phi) is 6.12. The quantitative estimate of drug-likeness (QED) is 0.899. The SMILES string of the molecule is COc1cccc(CNC(=O)N2CCN(Cc3cccc(C)c3)CC2)c1. The Balaban J connectivity index is 1.44. The molecule has 138 valence electrons. The average molecular weight is 353 g/mol. The first-order chi connectivity index (χ1) is 12.6. The van der Waals surface area contributed by atoms with E-state index in [9.17, 15) is 4.79 Å². The number of nitrogens with one attached hydrogen (secondary N) is 1. The summed E-state index contributed by atoms with van der Waals surface area (Å²) in [5.74, 6) is 0.807. The van der Waals surface area contributed by atoms with Gasteiger partial charge in [-0.15, -0.1) is 0 Å². The first kappa shape index (κ1) is 18.3. The number of methoxy groups -OCH3 is 1. The highest BCUT2D eigenvalue weighted by Gasteiger charge is 2.20. The number of piperazine rings is 1. The second-order valence-electron chi connectivity index (χ2n) is 6.76. The first-order valence-electron chi connectivity index (χ1n) is 9.07. The van der Waals surface area contributed by atoms with Crippen molar-refractivity contribution in [1.82, 2.24) is 15.1 Å². The largest absolute Gasteiger partial charge is 0.497 e. The number of nitrogens with zero attached hydrogens (tertiary/aromatic N) is 2. The number of hydrogen-bond donors (Lipinski definition) is 1. The normalized spacial score (nSPS) is 14.9. The fourth-order valence-corrected chi connectivity index (χ4v) is 3.25. The molecule has 3 rings (SSSR count). The van der Waals surface area contributed by atoms with Crippen molar-refractivity contribution in [3.63, 3.8) is 0 Å². The summed E-state index contributed by atoms with van der Waals surface area (Å²) in [4.78, 5) is 16.7. The molecule has 1 aliphatic heterocycles. The van der Waals surface area contributed by atoms with Gasteiger partial charge in [-0.3, -0.25) is 4.90 Å². The maximum atomic E-state index is 12.4. The van der Waals surface area contributed by atoms with E-state index in [1.807, 2.05) is 29.2 Å². The zero-order valence-corrected chi connectivity index (χ0v) is 15.6. The predicted molar refractivity (Wildman–Crippen MR) is 103 cm³/mol. The molecular weight excluding hydrogens is 326 g/mol. The maximum absolute atomic E-state index is 12.4. The highest BCUT2D eigenvalue weighted by molar-refractivity contribution is 5.74. The number of ether oxygens (including phenoxy) is 1. The molecule has 0 unspecified atom stereocenters. The van der Waals surface area contributed by atoms with Crippen LogP contribution in [-0.4, -0.2) is 49.1 Å². The van der Waals surface area contributed by atoms with Crippen LogP contribution in [0.1, 0.15) is 16.7 Å². The van der Waals surface area contributed by atoms with Gasteiger partial charge in [0.2, 0.25) is 0 Å². The molecule has 0 radical (unpaired) electrons. The number of hydrogen-bond acceptors (Lipinski definition) is 3. The summed E-state index contributed by atoms with van der Waals surface area (Å²) in [5, 5.41) is 3.00. The van der Waals surface area contributed by atoms with E-state index < -0.39 is 0 Å². The minimum Gasteiger partial charge on any atom is -0.497 e. The van der Waals surface area contributed by atoms with Crippen LogP contribution in [0.15, 0.2) is 48.5 Å². The van der Waals surface area contributed by atoms with E-state index >= 15 is 0 Å². The number of carbonyl (C=O) groups excluding carboxylic acids is 1. The Morgan fingerprint density at radius 1 is 1.04 bits per heavy atom. The van der Waals surface area contributed by atoms with Crippen molar-refractivity contribution >= 4 is 6.03 Å². The fourth-order valence-electron chi connectivity index (χ4n) is 3.25. The van der Waals surface area contributed by atoms with Gasteiger partial charge in [-0.05, 0) is 30.2 Å². The van der Waals surface area contributed by atoms with E-state index in [1.165, 1.54) is 11.1 Å². The lowest BCUT2D eigenvalue weighted by molar-refractivity contribution is 0.135. The molecule has 26 heavy (non-hydrogen) atoms. The summed E-state index contributed by atoms with van der Waals surface area (Å²) in [6, 6.07) is 16.4. The third kappa shape index (κ3) is 4.99. The van der Waals surface area contributed by atoms with E-state index in [0.717, 1.165) is 44.0 Å². The molecule has 0 saturated carbocycles. The molecule has 0 atom stereocenters. The number of amides is 2. The van der Waals surface area contributed by atoms with Crippen LogP contribution in [0.5, 0.6) is 5.75 Å². The van der Waals surface area contributed by atoms with Crippen molar-refractivity contribution in [3.8, 4) is 5.75 Å². The monoisotopic (exact) mass is 353 g/mol. The number of urea groups is 1. The van der Waals surface area contributed by atoms with Crippen molar-refractivity contribution < 1.29 is 9.53 Å². The molecule has 1 aliphatic rings. The van der Waals surface area contributed by atoms with Crippen molar-refractivity contribution in [2.24, 2.45) is 0 Å². The van der Waals surface area contributed by atoms with E-state index in [1.54, 1.807) is 7.11 Å². The second-order valence-corrected chi connectivity index (χ2v) is 6.76. The molecule has 1 heterocycles. The molecule has 0 aliphatic carbocycles.